The van der Waals surface area contributed by atoms with Crippen molar-refractivity contribution in [1.29, 1.82) is 0 Å². The van der Waals surface area contributed by atoms with E-state index in [4.69, 9.17) is 9.47 Å². The first-order valence-corrected chi connectivity index (χ1v) is 11.9. The van der Waals surface area contributed by atoms with Gasteiger partial charge in [-0.15, -0.1) is 0 Å². The molecular weight excluding hydrogens is 446 g/mol. The summed E-state index contributed by atoms with van der Waals surface area (Å²) in [6, 6.07) is 18.1. The quantitative estimate of drug-likeness (QED) is 0.618. The average Bonchev–Trinajstić information content (AvgIpc) is 3.11. The van der Waals surface area contributed by atoms with E-state index in [1.807, 2.05) is 81.4 Å². The van der Waals surface area contributed by atoms with Crippen molar-refractivity contribution < 1.29 is 23.9 Å². The largest absolute Gasteiger partial charge is 0.467 e. The lowest BCUT2D eigenvalue weighted by molar-refractivity contribution is -0.152. The lowest BCUT2D eigenvalue weighted by Crippen LogP contribution is -2.57. The molecular formula is C27H33N3O5. The molecule has 1 atom stereocenters. The molecule has 0 saturated carbocycles. The SMILES string of the molecule is COC(=O)C(c1ccccc1)N1CN(c2ccccc2)C2(CCN(C(=O)OC(C)(C)C)CC2)C1=O. The molecule has 2 aliphatic rings. The van der Waals surface area contributed by atoms with Gasteiger partial charge >= 0.3 is 12.1 Å². The minimum absolute atomic E-state index is 0.135. The van der Waals surface area contributed by atoms with Gasteiger partial charge in [-0.1, -0.05) is 48.5 Å². The molecule has 186 valence electrons. The number of methoxy groups -OCH3 is 1. The number of para-hydroxylation sites is 1. The number of hydrogen-bond acceptors (Lipinski definition) is 6. The Bertz CT molecular complexity index is 1060. The van der Waals surface area contributed by atoms with Gasteiger partial charge in [0.2, 0.25) is 0 Å². The number of hydrogen-bond donors (Lipinski definition) is 0. The van der Waals surface area contributed by atoms with Crippen molar-refractivity contribution in [3.05, 3.63) is 66.2 Å². The Morgan fingerprint density at radius 2 is 1.51 bits per heavy atom. The van der Waals surface area contributed by atoms with E-state index in [0.717, 1.165) is 5.69 Å². The predicted octanol–water partition coefficient (Wildman–Crippen LogP) is 3.98. The number of carbonyl (C=O) groups excluding carboxylic acids is 3. The van der Waals surface area contributed by atoms with Gasteiger partial charge in [0.25, 0.3) is 5.91 Å². The summed E-state index contributed by atoms with van der Waals surface area (Å²) in [6.45, 7) is 6.51. The summed E-state index contributed by atoms with van der Waals surface area (Å²) in [4.78, 5) is 45.1. The summed E-state index contributed by atoms with van der Waals surface area (Å²) >= 11 is 0. The summed E-state index contributed by atoms with van der Waals surface area (Å²) in [5, 5.41) is 0. The van der Waals surface area contributed by atoms with Gasteiger partial charge in [-0.05, 0) is 51.3 Å². The van der Waals surface area contributed by atoms with Crippen LogP contribution in [0.15, 0.2) is 60.7 Å². The van der Waals surface area contributed by atoms with E-state index in [9.17, 15) is 14.4 Å². The molecule has 0 aliphatic carbocycles. The van der Waals surface area contributed by atoms with Crippen LogP contribution in [0.25, 0.3) is 0 Å². The molecule has 2 heterocycles. The highest BCUT2D eigenvalue weighted by atomic mass is 16.6. The second-order valence-corrected chi connectivity index (χ2v) is 10.0. The molecule has 8 nitrogen and oxygen atoms in total. The standard InChI is InChI=1S/C27H33N3O5/c1-26(2,3)35-25(33)28-17-15-27(16-18-28)24(32)29(19-30(27)21-13-9-6-10-14-21)22(23(31)34-4)20-11-7-5-8-12-20/h5-14,22H,15-19H2,1-4H3. The molecule has 2 saturated heterocycles. The molecule has 4 rings (SSSR count). The predicted molar refractivity (Wildman–Crippen MR) is 132 cm³/mol. The third-order valence-electron chi connectivity index (χ3n) is 6.63. The van der Waals surface area contributed by atoms with Crippen molar-refractivity contribution in [1.82, 2.24) is 9.80 Å². The summed E-state index contributed by atoms with van der Waals surface area (Å²) in [5.41, 5.74) is 0.127. The van der Waals surface area contributed by atoms with E-state index in [2.05, 4.69) is 4.90 Å². The van der Waals surface area contributed by atoms with Gasteiger partial charge < -0.3 is 24.2 Å². The maximum atomic E-state index is 14.1. The second-order valence-electron chi connectivity index (χ2n) is 10.0. The first kappa shape index (κ1) is 24.6. The number of anilines is 1. The van der Waals surface area contributed by atoms with Crippen LogP contribution < -0.4 is 4.90 Å². The molecule has 0 bridgehead atoms. The van der Waals surface area contributed by atoms with Crippen LogP contribution in [-0.2, 0) is 19.1 Å². The second kappa shape index (κ2) is 9.60. The van der Waals surface area contributed by atoms with Gasteiger partial charge in [-0.3, -0.25) is 4.79 Å². The van der Waals surface area contributed by atoms with Crippen molar-refractivity contribution in [3.8, 4) is 0 Å². The topological polar surface area (TPSA) is 79.4 Å². The fraction of sp³-hybridized carbons (Fsp3) is 0.444. The minimum Gasteiger partial charge on any atom is -0.467 e. The lowest BCUT2D eigenvalue weighted by atomic mass is 9.85. The maximum absolute atomic E-state index is 14.1. The first-order chi connectivity index (χ1) is 16.7. The zero-order valence-electron chi connectivity index (χ0n) is 20.8. The molecule has 2 fully saturated rings. The lowest BCUT2D eigenvalue weighted by Gasteiger charge is -2.43. The fourth-order valence-corrected chi connectivity index (χ4v) is 4.93. The molecule has 0 radical (unpaired) electrons. The zero-order chi connectivity index (χ0) is 25.2. The van der Waals surface area contributed by atoms with Gasteiger partial charge in [0, 0.05) is 18.8 Å². The number of carbonyl (C=O) groups is 3. The number of nitrogens with zero attached hydrogens (tertiary/aromatic N) is 3. The Labute approximate surface area is 206 Å². The van der Waals surface area contributed by atoms with E-state index < -0.39 is 23.2 Å². The van der Waals surface area contributed by atoms with Gasteiger partial charge in [-0.25, -0.2) is 9.59 Å². The van der Waals surface area contributed by atoms with Gasteiger partial charge in [0.1, 0.15) is 11.1 Å². The normalized spacial score (nSPS) is 18.5. The molecule has 0 aromatic heterocycles. The molecule has 2 amide bonds. The highest BCUT2D eigenvalue weighted by Crippen LogP contribution is 2.42. The summed E-state index contributed by atoms with van der Waals surface area (Å²) in [5.74, 6) is -0.620. The molecule has 1 spiro atoms. The van der Waals surface area contributed by atoms with Crippen LogP contribution in [0, 0.1) is 0 Å². The van der Waals surface area contributed by atoms with E-state index in [1.165, 1.54) is 7.11 Å². The van der Waals surface area contributed by atoms with Gasteiger partial charge in [0.15, 0.2) is 6.04 Å². The third kappa shape index (κ3) is 4.83. The Balaban J connectivity index is 1.67. The fourth-order valence-electron chi connectivity index (χ4n) is 4.93. The van der Waals surface area contributed by atoms with Gasteiger partial charge in [0.05, 0.1) is 13.8 Å². The van der Waals surface area contributed by atoms with Crippen molar-refractivity contribution >= 4 is 23.7 Å². The van der Waals surface area contributed by atoms with Gasteiger partial charge in [-0.2, -0.15) is 0 Å². The number of piperidine rings is 1. The maximum Gasteiger partial charge on any atom is 0.410 e. The Hall–Kier alpha value is -3.55. The molecule has 2 aromatic rings. The summed E-state index contributed by atoms with van der Waals surface area (Å²) in [6.07, 6.45) is 0.482. The van der Waals surface area contributed by atoms with E-state index in [0.29, 0.717) is 31.5 Å². The number of amides is 2. The number of benzene rings is 2. The van der Waals surface area contributed by atoms with Crippen LogP contribution in [0.4, 0.5) is 10.5 Å². The van der Waals surface area contributed by atoms with Crippen LogP contribution in [0.2, 0.25) is 0 Å². The van der Waals surface area contributed by atoms with Crippen molar-refractivity contribution in [2.75, 3.05) is 31.8 Å². The van der Waals surface area contributed by atoms with Crippen LogP contribution in [-0.4, -0.2) is 65.8 Å². The number of esters is 1. The molecule has 8 heteroatoms. The van der Waals surface area contributed by atoms with E-state index in [1.54, 1.807) is 9.80 Å². The minimum atomic E-state index is -0.874. The smallest absolute Gasteiger partial charge is 0.410 e. The highest BCUT2D eigenvalue weighted by Gasteiger charge is 2.56. The van der Waals surface area contributed by atoms with Crippen molar-refractivity contribution in [3.63, 3.8) is 0 Å². The number of rotatable bonds is 4. The molecule has 0 N–H and O–H groups in total. The molecule has 1 unspecified atom stereocenters. The van der Waals surface area contributed by atoms with Crippen molar-refractivity contribution in [2.24, 2.45) is 0 Å². The number of ether oxygens (including phenoxy) is 2. The molecule has 2 aliphatic heterocycles. The monoisotopic (exact) mass is 479 g/mol. The Kier molecular flexibility index (Phi) is 6.74. The van der Waals surface area contributed by atoms with Crippen LogP contribution in [0.3, 0.4) is 0 Å². The Morgan fingerprint density at radius 1 is 0.943 bits per heavy atom. The van der Waals surface area contributed by atoms with E-state index >= 15 is 0 Å². The zero-order valence-corrected chi connectivity index (χ0v) is 20.8. The number of likely N-dealkylation sites (tertiary alicyclic amines) is 1. The molecule has 35 heavy (non-hydrogen) atoms. The summed E-state index contributed by atoms with van der Waals surface area (Å²) in [7, 11) is 1.34. The van der Waals surface area contributed by atoms with Crippen LogP contribution in [0.1, 0.15) is 45.2 Å². The Morgan fingerprint density at radius 3 is 2.06 bits per heavy atom. The molecule has 2 aromatic carbocycles. The summed E-state index contributed by atoms with van der Waals surface area (Å²) < 4.78 is 10.7. The highest BCUT2D eigenvalue weighted by molar-refractivity contribution is 5.97. The van der Waals surface area contributed by atoms with Crippen molar-refractivity contribution in [2.45, 2.75) is 50.8 Å². The third-order valence-corrected chi connectivity index (χ3v) is 6.63. The average molecular weight is 480 g/mol. The van der Waals surface area contributed by atoms with E-state index in [-0.39, 0.29) is 18.7 Å². The van der Waals surface area contributed by atoms with Crippen LogP contribution >= 0.6 is 0 Å². The first-order valence-electron chi connectivity index (χ1n) is 11.9. The van der Waals surface area contributed by atoms with Crippen LogP contribution in [0.5, 0.6) is 0 Å².